The van der Waals surface area contributed by atoms with Crippen molar-refractivity contribution < 1.29 is 28.6 Å². The van der Waals surface area contributed by atoms with Crippen molar-refractivity contribution in [3.63, 3.8) is 0 Å². The number of aromatic nitrogens is 2. The lowest BCUT2D eigenvalue weighted by molar-refractivity contribution is -0.123. The highest BCUT2D eigenvalue weighted by Crippen LogP contribution is 2.31. The highest BCUT2D eigenvalue weighted by atomic mass is 28.3. The first-order valence-corrected chi connectivity index (χ1v) is 17.6. The number of hydrogen-bond donors (Lipinski definition) is 3. The molecule has 1 saturated carbocycles. The summed E-state index contributed by atoms with van der Waals surface area (Å²) in [6, 6.07) is 8.02. The molecule has 40 heavy (non-hydrogen) atoms. The quantitative estimate of drug-likeness (QED) is 0.184. The molecule has 0 bridgehead atoms. The SMILES string of the molecule is C[Si](C)(C)CCOCn1ccc2c(Oc3ccc(C[C@H](NC(=O)O)C(=O)NC4CCCCC4)cc3F)ccnc21. The molecule has 0 spiro atoms. The summed E-state index contributed by atoms with van der Waals surface area (Å²) in [6.07, 6.45) is 7.16. The average Bonchev–Trinajstić information content (AvgIpc) is 3.31. The molecule has 0 saturated heterocycles. The summed E-state index contributed by atoms with van der Waals surface area (Å²) in [5, 5.41) is 15.2. The molecule has 2 heterocycles. The molecule has 216 valence electrons. The lowest BCUT2D eigenvalue weighted by Crippen LogP contribution is -2.50. The van der Waals surface area contributed by atoms with E-state index in [1.807, 2.05) is 16.8 Å². The van der Waals surface area contributed by atoms with Gasteiger partial charge in [0.05, 0.1) is 5.39 Å². The second-order valence-electron chi connectivity index (χ2n) is 11.6. The molecular formula is C29H39FN4O5Si. The zero-order chi connectivity index (χ0) is 28.7. The monoisotopic (exact) mass is 570 g/mol. The van der Waals surface area contributed by atoms with Gasteiger partial charge in [0.15, 0.2) is 11.6 Å². The molecule has 2 aromatic heterocycles. The van der Waals surface area contributed by atoms with Gasteiger partial charge in [0, 0.05) is 39.5 Å². The maximum Gasteiger partial charge on any atom is 0.405 e. The molecular weight excluding hydrogens is 531 g/mol. The van der Waals surface area contributed by atoms with E-state index in [4.69, 9.17) is 9.47 Å². The van der Waals surface area contributed by atoms with Gasteiger partial charge in [-0.2, -0.15) is 0 Å². The summed E-state index contributed by atoms with van der Waals surface area (Å²) in [5.41, 5.74) is 1.15. The van der Waals surface area contributed by atoms with Crippen LogP contribution in [0.3, 0.4) is 0 Å². The summed E-state index contributed by atoms with van der Waals surface area (Å²) in [6.45, 7) is 7.97. The Labute approximate surface area is 235 Å². The zero-order valence-corrected chi connectivity index (χ0v) is 24.4. The van der Waals surface area contributed by atoms with Crippen molar-refractivity contribution in [1.29, 1.82) is 0 Å². The van der Waals surface area contributed by atoms with Crippen LogP contribution < -0.4 is 15.4 Å². The number of carboxylic acid groups (broad SMARTS) is 1. The summed E-state index contributed by atoms with van der Waals surface area (Å²) >= 11 is 0. The first kappa shape index (κ1) is 29.5. The fraction of sp³-hybridized carbons (Fsp3) is 0.483. The van der Waals surface area contributed by atoms with Crippen molar-refractivity contribution in [2.75, 3.05) is 6.61 Å². The van der Waals surface area contributed by atoms with Crippen molar-refractivity contribution in [2.45, 2.75) is 83.0 Å². The number of fused-ring (bicyclic) bond motifs is 1. The Hall–Kier alpha value is -3.44. The molecule has 9 nitrogen and oxygen atoms in total. The van der Waals surface area contributed by atoms with Crippen LogP contribution in [-0.2, 0) is 22.7 Å². The van der Waals surface area contributed by atoms with E-state index in [-0.39, 0.29) is 18.2 Å². The first-order chi connectivity index (χ1) is 19.1. The van der Waals surface area contributed by atoms with Gasteiger partial charge in [-0.1, -0.05) is 45.0 Å². The molecule has 3 N–H and O–H groups in total. The third-order valence-corrected chi connectivity index (χ3v) is 8.77. The zero-order valence-electron chi connectivity index (χ0n) is 23.4. The molecule has 0 unspecified atom stereocenters. The number of ether oxygens (including phenoxy) is 2. The summed E-state index contributed by atoms with van der Waals surface area (Å²) in [4.78, 5) is 28.6. The van der Waals surface area contributed by atoms with Crippen LogP contribution in [0.5, 0.6) is 11.5 Å². The van der Waals surface area contributed by atoms with Crippen molar-refractivity contribution in [2.24, 2.45) is 0 Å². The number of hydrogen-bond acceptors (Lipinski definition) is 5. The smallest absolute Gasteiger partial charge is 0.405 e. The van der Waals surface area contributed by atoms with E-state index in [1.54, 1.807) is 18.3 Å². The topological polar surface area (TPSA) is 115 Å². The van der Waals surface area contributed by atoms with Gasteiger partial charge < -0.3 is 29.8 Å². The van der Waals surface area contributed by atoms with Crippen LogP contribution in [0, 0.1) is 5.82 Å². The van der Waals surface area contributed by atoms with Crippen molar-refractivity contribution >= 4 is 31.1 Å². The third kappa shape index (κ3) is 8.28. The normalized spacial score (nSPS) is 15.1. The minimum atomic E-state index is -1.31. The first-order valence-electron chi connectivity index (χ1n) is 13.9. The predicted octanol–water partition coefficient (Wildman–Crippen LogP) is 5.91. The van der Waals surface area contributed by atoms with Crippen LogP contribution in [-0.4, -0.2) is 53.4 Å². The predicted molar refractivity (Wildman–Crippen MR) is 154 cm³/mol. The number of rotatable bonds is 12. The summed E-state index contributed by atoms with van der Waals surface area (Å²) in [5.74, 6) is -0.541. The molecule has 0 aliphatic heterocycles. The Balaban J connectivity index is 1.42. The van der Waals surface area contributed by atoms with Crippen LogP contribution in [0.4, 0.5) is 9.18 Å². The lowest BCUT2D eigenvalue weighted by Gasteiger charge is -2.25. The molecule has 1 aromatic carbocycles. The van der Waals surface area contributed by atoms with Crippen LogP contribution in [0.1, 0.15) is 37.7 Å². The Bertz CT molecular complexity index is 1320. The van der Waals surface area contributed by atoms with E-state index in [0.717, 1.165) is 43.5 Å². The number of halogens is 1. The van der Waals surface area contributed by atoms with Gasteiger partial charge in [0.2, 0.25) is 5.91 Å². The second-order valence-corrected chi connectivity index (χ2v) is 17.2. The highest BCUT2D eigenvalue weighted by Gasteiger charge is 2.25. The molecule has 1 atom stereocenters. The minimum Gasteiger partial charge on any atom is -0.465 e. The molecule has 1 aliphatic rings. The molecule has 1 fully saturated rings. The Morgan fingerprint density at radius 1 is 1.15 bits per heavy atom. The Morgan fingerprint density at radius 3 is 2.62 bits per heavy atom. The van der Waals surface area contributed by atoms with E-state index in [1.165, 1.54) is 12.1 Å². The lowest BCUT2D eigenvalue weighted by atomic mass is 9.95. The number of amides is 2. The van der Waals surface area contributed by atoms with Crippen molar-refractivity contribution in [3.8, 4) is 11.5 Å². The van der Waals surface area contributed by atoms with Gasteiger partial charge in [0.25, 0.3) is 0 Å². The van der Waals surface area contributed by atoms with E-state index in [9.17, 15) is 14.7 Å². The maximum atomic E-state index is 15.1. The molecule has 3 aromatic rings. The van der Waals surface area contributed by atoms with Crippen LogP contribution in [0.15, 0.2) is 42.7 Å². The Morgan fingerprint density at radius 2 is 1.93 bits per heavy atom. The Kier molecular flexibility index (Phi) is 9.80. The number of benzene rings is 1. The summed E-state index contributed by atoms with van der Waals surface area (Å²) in [7, 11) is -1.18. The molecule has 1 aliphatic carbocycles. The van der Waals surface area contributed by atoms with E-state index in [0.29, 0.717) is 30.3 Å². The second kappa shape index (κ2) is 13.3. The molecule has 2 amide bonds. The highest BCUT2D eigenvalue weighted by molar-refractivity contribution is 6.76. The van der Waals surface area contributed by atoms with Gasteiger partial charge in [-0.25, -0.2) is 14.2 Å². The largest absolute Gasteiger partial charge is 0.465 e. The number of pyridine rings is 1. The van der Waals surface area contributed by atoms with Gasteiger partial charge >= 0.3 is 6.09 Å². The fourth-order valence-electron chi connectivity index (χ4n) is 4.82. The standard InChI is InChI=1S/C29H39FN4O5Si/c1-40(2,3)16-15-38-19-34-14-12-22-25(11-13-31-27(22)34)39-26-10-9-20(17-23(26)30)18-24(33-29(36)37)28(35)32-21-7-5-4-6-8-21/h9-14,17,21,24,33H,4-8,15-16,18-19H2,1-3H3,(H,32,35)(H,36,37)/t24-/m0/s1. The number of nitrogens with zero attached hydrogens (tertiary/aromatic N) is 2. The van der Waals surface area contributed by atoms with E-state index >= 15 is 4.39 Å². The van der Waals surface area contributed by atoms with Crippen LogP contribution in [0.25, 0.3) is 11.0 Å². The minimum absolute atomic E-state index is 0.0160. The number of carbonyl (C=O) groups is 2. The maximum absolute atomic E-state index is 15.1. The number of nitrogens with one attached hydrogen (secondary N) is 2. The van der Waals surface area contributed by atoms with Crippen LogP contribution in [0.2, 0.25) is 25.7 Å². The molecule has 4 rings (SSSR count). The van der Waals surface area contributed by atoms with Gasteiger partial charge in [-0.15, -0.1) is 0 Å². The van der Waals surface area contributed by atoms with Gasteiger partial charge in [-0.05, 0) is 48.7 Å². The van der Waals surface area contributed by atoms with Crippen molar-refractivity contribution in [3.05, 3.63) is 54.1 Å². The third-order valence-electron chi connectivity index (χ3n) is 7.07. The van der Waals surface area contributed by atoms with Crippen molar-refractivity contribution in [1.82, 2.24) is 20.2 Å². The summed E-state index contributed by atoms with van der Waals surface area (Å²) < 4.78 is 28.8. The van der Waals surface area contributed by atoms with Gasteiger partial charge in [-0.3, -0.25) is 4.79 Å². The molecule has 11 heteroatoms. The van der Waals surface area contributed by atoms with E-state index < -0.39 is 31.9 Å². The average molecular weight is 571 g/mol. The fourth-order valence-corrected chi connectivity index (χ4v) is 5.57. The van der Waals surface area contributed by atoms with Gasteiger partial charge in [0.1, 0.15) is 24.2 Å². The van der Waals surface area contributed by atoms with Crippen LogP contribution >= 0.6 is 0 Å². The van der Waals surface area contributed by atoms with E-state index in [2.05, 4.69) is 35.3 Å². The molecule has 0 radical (unpaired) electrons. The number of carbonyl (C=O) groups excluding carboxylic acids is 1.